The number of halogens is 2. The number of hydrogen-bond acceptors (Lipinski definition) is 6. The van der Waals surface area contributed by atoms with Crippen LogP contribution in [0.3, 0.4) is 0 Å². The van der Waals surface area contributed by atoms with E-state index in [0.29, 0.717) is 34.9 Å². The summed E-state index contributed by atoms with van der Waals surface area (Å²) >= 11 is 5.94. The van der Waals surface area contributed by atoms with Crippen LogP contribution in [-0.2, 0) is 4.79 Å². The van der Waals surface area contributed by atoms with E-state index in [-0.39, 0.29) is 18.2 Å². The summed E-state index contributed by atoms with van der Waals surface area (Å²) in [6.45, 7) is 1.36. The van der Waals surface area contributed by atoms with Gasteiger partial charge in [-0.2, -0.15) is 0 Å². The van der Waals surface area contributed by atoms with Crippen molar-refractivity contribution in [3.05, 3.63) is 64.8 Å². The zero-order valence-electron chi connectivity index (χ0n) is 15.5. The summed E-state index contributed by atoms with van der Waals surface area (Å²) in [6.07, 6.45) is 5.85. The van der Waals surface area contributed by atoms with Crippen LogP contribution in [0.15, 0.2) is 48.7 Å². The topological polar surface area (TPSA) is 103 Å². The number of benzene rings is 1. The molecule has 1 saturated heterocycles. The van der Waals surface area contributed by atoms with E-state index in [1.54, 1.807) is 42.6 Å². The first-order valence-electron chi connectivity index (χ1n) is 8.90. The van der Waals surface area contributed by atoms with E-state index in [0.717, 1.165) is 13.0 Å². The Morgan fingerprint density at radius 2 is 1.97 bits per heavy atom. The van der Waals surface area contributed by atoms with Gasteiger partial charge < -0.3 is 10.6 Å². The van der Waals surface area contributed by atoms with E-state index < -0.39 is 11.4 Å². The number of ketones is 1. The molecule has 3 rings (SSSR count). The van der Waals surface area contributed by atoms with E-state index in [1.165, 1.54) is 17.6 Å². The predicted octanol–water partition coefficient (Wildman–Crippen LogP) is 3.09. The highest BCUT2D eigenvalue weighted by Crippen LogP contribution is 2.27. The van der Waals surface area contributed by atoms with E-state index in [4.69, 9.17) is 16.8 Å². The molecular weight excluding hydrogens is 415 g/mol. The Balaban J connectivity index is 0.00000300. The number of hydrogen-bond donors (Lipinski definition) is 4. The van der Waals surface area contributed by atoms with E-state index in [2.05, 4.69) is 15.6 Å². The molecule has 1 fully saturated rings. The number of hydroxylamine groups is 1. The van der Waals surface area contributed by atoms with Crippen LogP contribution in [0.25, 0.3) is 6.08 Å². The van der Waals surface area contributed by atoms with Crippen molar-refractivity contribution in [3.8, 4) is 0 Å². The van der Waals surface area contributed by atoms with Gasteiger partial charge in [0.15, 0.2) is 5.78 Å². The number of aromatic nitrogens is 1. The summed E-state index contributed by atoms with van der Waals surface area (Å²) in [5.74, 6) is -0.0699. The Morgan fingerprint density at radius 1 is 1.21 bits per heavy atom. The monoisotopic (exact) mass is 436 g/mol. The summed E-state index contributed by atoms with van der Waals surface area (Å²) in [6, 6.07) is 10.4. The van der Waals surface area contributed by atoms with Crippen molar-refractivity contribution >= 4 is 47.6 Å². The molecule has 1 aromatic carbocycles. The lowest BCUT2D eigenvalue weighted by molar-refractivity contribution is -0.124. The number of Topliss-reactive ketones (excluding diaryl/α,β-unsaturated/α-hetero) is 1. The fourth-order valence-corrected chi connectivity index (χ4v) is 3.30. The fourth-order valence-electron chi connectivity index (χ4n) is 3.17. The lowest BCUT2D eigenvalue weighted by atomic mass is 9.82. The minimum absolute atomic E-state index is 0. The minimum atomic E-state index is -0.798. The average Bonchev–Trinajstić information content (AvgIpc) is 2.73. The second-order valence-corrected chi connectivity index (χ2v) is 7.05. The Labute approximate surface area is 179 Å². The highest BCUT2D eigenvalue weighted by Gasteiger charge is 2.40. The maximum absolute atomic E-state index is 13.3. The van der Waals surface area contributed by atoms with Crippen molar-refractivity contribution < 1.29 is 14.8 Å². The molecule has 4 N–H and O–H groups in total. The highest BCUT2D eigenvalue weighted by atomic mass is 35.5. The second kappa shape index (κ2) is 10.4. The second-order valence-electron chi connectivity index (χ2n) is 6.61. The van der Waals surface area contributed by atoms with Crippen LogP contribution in [0, 0.1) is 0 Å². The third-order valence-electron chi connectivity index (χ3n) is 4.62. The predicted molar refractivity (Wildman–Crippen MR) is 115 cm³/mol. The van der Waals surface area contributed by atoms with Crippen molar-refractivity contribution in [3.63, 3.8) is 0 Å². The van der Waals surface area contributed by atoms with Crippen LogP contribution in [0.5, 0.6) is 0 Å². The Hall–Kier alpha value is -2.45. The largest absolute Gasteiger partial charge is 0.356 e. The third kappa shape index (κ3) is 5.77. The maximum atomic E-state index is 13.3. The summed E-state index contributed by atoms with van der Waals surface area (Å²) in [7, 11) is 0. The van der Waals surface area contributed by atoms with Gasteiger partial charge in [-0.05, 0) is 67.4 Å². The zero-order valence-corrected chi connectivity index (χ0v) is 17.1. The number of anilines is 1. The first kappa shape index (κ1) is 22.8. The van der Waals surface area contributed by atoms with Crippen LogP contribution in [0.2, 0.25) is 5.02 Å². The van der Waals surface area contributed by atoms with Gasteiger partial charge in [-0.1, -0.05) is 11.6 Å². The van der Waals surface area contributed by atoms with Crippen LogP contribution >= 0.6 is 24.0 Å². The van der Waals surface area contributed by atoms with Crippen LogP contribution in [-0.4, -0.2) is 40.5 Å². The Bertz CT molecular complexity index is 864. The summed E-state index contributed by atoms with van der Waals surface area (Å²) in [4.78, 5) is 28.7. The molecule has 1 amide bonds. The lowest BCUT2D eigenvalue weighted by Gasteiger charge is -2.37. The van der Waals surface area contributed by atoms with Gasteiger partial charge in [0.1, 0.15) is 11.4 Å². The van der Waals surface area contributed by atoms with Gasteiger partial charge in [0.25, 0.3) is 5.91 Å². The molecule has 2 aromatic rings. The SMILES string of the molecule is Cl.O=C(/C=C/c1ccc(N[C@]2(C(=O)c3ccc(Cl)cc3)CCCNC2)nc1)NO. The van der Waals surface area contributed by atoms with Crippen LogP contribution in [0.1, 0.15) is 28.8 Å². The standard InChI is InChI=1S/C20H21ClN4O3.ClH/c21-16-6-4-15(5-7-16)19(27)20(10-1-11-22-13-20)24-17-8-2-14(12-23-17)3-9-18(26)25-28;/h2-9,12,22,28H,1,10-11,13H2,(H,23,24)(H,25,26);1H/b9-3+;/t20-;/m1./s1. The number of carbonyl (C=O) groups is 2. The number of pyridine rings is 1. The molecule has 2 heterocycles. The van der Waals surface area contributed by atoms with E-state index >= 15 is 0 Å². The first-order valence-corrected chi connectivity index (χ1v) is 9.28. The molecule has 1 aromatic heterocycles. The molecule has 0 bridgehead atoms. The summed E-state index contributed by atoms with van der Waals surface area (Å²) < 4.78 is 0. The summed E-state index contributed by atoms with van der Waals surface area (Å²) in [5.41, 5.74) is 2.01. The van der Waals surface area contributed by atoms with Crippen molar-refractivity contribution in [2.24, 2.45) is 0 Å². The number of nitrogens with zero attached hydrogens (tertiary/aromatic N) is 1. The molecule has 0 unspecified atom stereocenters. The van der Waals surface area contributed by atoms with Gasteiger partial charge in [-0.25, -0.2) is 10.5 Å². The van der Waals surface area contributed by atoms with Crippen molar-refractivity contribution in [1.82, 2.24) is 15.8 Å². The van der Waals surface area contributed by atoms with Crippen molar-refractivity contribution in [2.75, 3.05) is 18.4 Å². The number of rotatable bonds is 6. The molecule has 0 spiro atoms. The summed E-state index contributed by atoms with van der Waals surface area (Å²) in [5, 5.41) is 15.7. The molecule has 1 aliphatic rings. The average molecular weight is 437 g/mol. The maximum Gasteiger partial charge on any atom is 0.267 e. The van der Waals surface area contributed by atoms with Gasteiger partial charge in [0, 0.05) is 29.4 Å². The van der Waals surface area contributed by atoms with Crippen molar-refractivity contribution in [2.45, 2.75) is 18.4 Å². The van der Waals surface area contributed by atoms with Gasteiger partial charge >= 0.3 is 0 Å². The molecule has 29 heavy (non-hydrogen) atoms. The molecule has 1 atom stereocenters. The molecule has 0 radical (unpaired) electrons. The number of nitrogens with one attached hydrogen (secondary N) is 3. The van der Waals surface area contributed by atoms with Crippen LogP contribution in [0.4, 0.5) is 5.82 Å². The first-order chi connectivity index (χ1) is 13.5. The normalized spacial score (nSPS) is 18.7. The zero-order chi connectivity index (χ0) is 20.0. The van der Waals surface area contributed by atoms with Gasteiger partial charge in [-0.3, -0.25) is 14.8 Å². The third-order valence-corrected chi connectivity index (χ3v) is 4.87. The Morgan fingerprint density at radius 3 is 2.55 bits per heavy atom. The molecule has 9 heteroatoms. The highest BCUT2D eigenvalue weighted by molar-refractivity contribution is 6.30. The smallest absolute Gasteiger partial charge is 0.267 e. The van der Waals surface area contributed by atoms with Gasteiger partial charge in [0.2, 0.25) is 0 Å². The van der Waals surface area contributed by atoms with Gasteiger partial charge in [0.05, 0.1) is 0 Å². The molecule has 0 saturated carbocycles. The molecule has 1 aliphatic heterocycles. The van der Waals surface area contributed by atoms with E-state index in [9.17, 15) is 9.59 Å². The molecule has 0 aliphatic carbocycles. The number of amides is 1. The number of piperidine rings is 1. The molecule has 154 valence electrons. The fraction of sp³-hybridized carbons (Fsp3) is 0.250. The molecular formula is C20H22Cl2N4O3. The number of carbonyl (C=O) groups excluding carboxylic acids is 2. The van der Waals surface area contributed by atoms with Crippen LogP contribution < -0.4 is 16.1 Å². The lowest BCUT2D eigenvalue weighted by Crippen LogP contribution is -2.57. The van der Waals surface area contributed by atoms with Crippen molar-refractivity contribution in [1.29, 1.82) is 0 Å². The quantitative estimate of drug-likeness (QED) is 0.240. The Kier molecular flexibility index (Phi) is 8.16. The van der Waals surface area contributed by atoms with E-state index in [1.807, 2.05) is 0 Å². The minimum Gasteiger partial charge on any atom is -0.356 e. The molecule has 7 nitrogen and oxygen atoms in total. The van der Waals surface area contributed by atoms with Gasteiger partial charge in [-0.15, -0.1) is 12.4 Å².